The predicted molar refractivity (Wildman–Crippen MR) is 65.6 cm³/mol. The van der Waals surface area contributed by atoms with Crippen LogP contribution < -0.4 is 0 Å². The second kappa shape index (κ2) is 6.06. The standard InChI is InChI=1S/C9H15NO6P2/c11-6-17(13,7-12)9(18(14,15)16)4-8-2-1-3-10-5-8/h1-3,5,9,11-12H,4,6-7H2,(H2,14,15,16). The van der Waals surface area contributed by atoms with E-state index in [1.807, 2.05) is 0 Å². The number of rotatable bonds is 6. The van der Waals surface area contributed by atoms with Crippen LogP contribution in [0.5, 0.6) is 0 Å². The molecule has 1 aromatic rings. The van der Waals surface area contributed by atoms with Gasteiger partial charge in [-0.2, -0.15) is 0 Å². The predicted octanol–water partition coefficient (Wildman–Crippen LogP) is 0.391. The summed E-state index contributed by atoms with van der Waals surface area (Å²) in [4.78, 5) is 22.3. The van der Waals surface area contributed by atoms with Crippen LogP contribution in [-0.4, -0.2) is 43.1 Å². The molecule has 0 saturated carbocycles. The van der Waals surface area contributed by atoms with Gasteiger partial charge in [0.25, 0.3) is 0 Å². The maximum absolute atomic E-state index is 12.1. The quantitative estimate of drug-likeness (QED) is 0.559. The lowest BCUT2D eigenvalue weighted by Gasteiger charge is -2.25. The number of nitrogens with zero attached hydrogens (tertiary/aromatic N) is 1. The molecule has 9 heteroatoms. The van der Waals surface area contributed by atoms with Gasteiger partial charge in [-0.25, -0.2) is 0 Å². The lowest BCUT2D eigenvalue weighted by Crippen LogP contribution is -2.17. The zero-order chi connectivity index (χ0) is 13.8. The maximum Gasteiger partial charge on any atom is 0.336 e. The van der Waals surface area contributed by atoms with Crippen molar-refractivity contribution in [1.29, 1.82) is 0 Å². The van der Waals surface area contributed by atoms with E-state index in [2.05, 4.69) is 4.98 Å². The summed E-state index contributed by atoms with van der Waals surface area (Å²) in [5.41, 5.74) is 0.480. The zero-order valence-corrected chi connectivity index (χ0v) is 11.2. The van der Waals surface area contributed by atoms with E-state index in [-0.39, 0.29) is 6.42 Å². The Morgan fingerprint density at radius 1 is 1.22 bits per heavy atom. The molecule has 1 rings (SSSR count). The third kappa shape index (κ3) is 3.72. The molecule has 0 saturated heterocycles. The highest BCUT2D eigenvalue weighted by molar-refractivity contribution is 7.77. The molecule has 7 nitrogen and oxygen atoms in total. The molecule has 1 heterocycles. The van der Waals surface area contributed by atoms with Crippen LogP contribution >= 0.6 is 14.7 Å². The van der Waals surface area contributed by atoms with Gasteiger partial charge in [-0.3, -0.25) is 9.55 Å². The summed E-state index contributed by atoms with van der Waals surface area (Å²) >= 11 is 0. The fraction of sp³-hybridized carbons (Fsp3) is 0.444. The van der Waals surface area contributed by atoms with Gasteiger partial charge in [-0.1, -0.05) is 6.07 Å². The summed E-state index contributed by atoms with van der Waals surface area (Å²) in [6.07, 6.45) is 0.783. The van der Waals surface area contributed by atoms with Gasteiger partial charge < -0.3 is 24.6 Å². The molecular formula is C9H15NO6P2. The van der Waals surface area contributed by atoms with Crippen LogP contribution in [0, 0.1) is 0 Å². The maximum atomic E-state index is 12.1. The van der Waals surface area contributed by atoms with E-state index < -0.39 is 32.8 Å². The summed E-state index contributed by atoms with van der Waals surface area (Å²) in [6.45, 7) is 0. The molecule has 18 heavy (non-hydrogen) atoms. The Balaban J connectivity index is 3.09. The highest BCUT2D eigenvalue weighted by Gasteiger charge is 2.43. The van der Waals surface area contributed by atoms with Gasteiger partial charge in [-0.05, 0) is 18.1 Å². The Morgan fingerprint density at radius 2 is 1.83 bits per heavy atom. The summed E-state index contributed by atoms with van der Waals surface area (Å²) in [7, 11) is -8.46. The van der Waals surface area contributed by atoms with E-state index in [0.29, 0.717) is 5.56 Å². The first kappa shape index (κ1) is 15.5. The molecule has 4 N–H and O–H groups in total. The van der Waals surface area contributed by atoms with E-state index in [0.717, 1.165) is 0 Å². The van der Waals surface area contributed by atoms with Crippen molar-refractivity contribution in [2.45, 2.75) is 11.8 Å². The number of hydrogen-bond donors (Lipinski definition) is 4. The molecule has 1 atom stereocenters. The summed E-state index contributed by atoms with van der Waals surface area (Å²) in [5, 5.41) is 16.4. The minimum absolute atomic E-state index is 0.212. The molecule has 0 amide bonds. The Morgan fingerprint density at radius 3 is 2.22 bits per heavy atom. The van der Waals surface area contributed by atoms with Gasteiger partial charge in [0.2, 0.25) is 0 Å². The van der Waals surface area contributed by atoms with E-state index in [1.54, 1.807) is 12.1 Å². The first-order chi connectivity index (χ1) is 8.33. The van der Waals surface area contributed by atoms with Gasteiger partial charge in [0.1, 0.15) is 5.40 Å². The largest absolute Gasteiger partial charge is 0.389 e. The molecular weight excluding hydrogens is 280 g/mol. The molecule has 102 valence electrons. The topological polar surface area (TPSA) is 128 Å². The van der Waals surface area contributed by atoms with Crippen molar-refractivity contribution in [1.82, 2.24) is 4.98 Å². The fourth-order valence-corrected chi connectivity index (χ4v) is 5.61. The van der Waals surface area contributed by atoms with E-state index in [4.69, 9.17) is 10.2 Å². The van der Waals surface area contributed by atoms with Crippen LogP contribution in [0.1, 0.15) is 5.56 Å². The summed E-state index contributed by atoms with van der Waals surface area (Å²) < 4.78 is 23.5. The Bertz CT molecular complexity index is 465. The van der Waals surface area contributed by atoms with Crippen molar-refractivity contribution < 1.29 is 29.1 Å². The van der Waals surface area contributed by atoms with Gasteiger partial charge >= 0.3 is 7.60 Å². The van der Waals surface area contributed by atoms with Crippen molar-refractivity contribution in [3.63, 3.8) is 0 Å². The minimum Gasteiger partial charge on any atom is -0.389 e. The van der Waals surface area contributed by atoms with Crippen molar-refractivity contribution in [3.05, 3.63) is 30.1 Å². The van der Waals surface area contributed by atoms with E-state index in [9.17, 15) is 18.9 Å². The van der Waals surface area contributed by atoms with Crippen LogP contribution in [0.25, 0.3) is 0 Å². The monoisotopic (exact) mass is 295 g/mol. The van der Waals surface area contributed by atoms with Crippen molar-refractivity contribution in [2.75, 3.05) is 12.7 Å². The van der Waals surface area contributed by atoms with Gasteiger partial charge in [0.05, 0.1) is 12.7 Å². The van der Waals surface area contributed by atoms with Crippen LogP contribution in [0.2, 0.25) is 0 Å². The summed E-state index contributed by atoms with van der Waals surface area (Å²) in [6, 6.07) is 3.16. The van der Waals surface area contributed by atoms with E-state index in [1.165, 1.54) is 12.4 Å². The number of aliphatic hydroxyl groups is 2. The molecule has 0 radical (unpaired) electrons. The smallest absolute Gasteiger partial charge is 0.336 e. The van der Waals surface area contributed by atoms with Crippen LogP contribution in [0.3, 0.4) is 0 Å². The van der Waals surface area contributed by atoms with Crippen LogP contribution in [0.4, 0.5) is 0 Å². The minimum atomic E-state index is -4.71. The fourth-order valence-electron chi connectivity index (χ4n) is 1.52. The van der Waals surface area contributed by atoms with Crippen molar-refractivity contribution in [2.24, 2.45) is 0 Å². The number of pyridine rings is 1. The highest BCUT2D eigenvalue weighted by atomic mass is 31.2. The molecule has 0 spiro atoms. The number of aromatic nitrogens is 1. The van der Waals surface area contributed by atoms with Gasteiger partial charge in [0.15, 0.2) is 7.14 Å². The van der Waals surface area contributed by atoms with Gasteiger partial charge in [-0.15, -0.1) is 0 Å². The molecule has 0 aliphatic rings. The number of hydrogen-bond acceptors (Lipinski definition) is 5. The molecule has 0 fully saturated rings. The first-order valence-corrected chi connectivity index (χ1v) is 8.90. The highest BCUT2D eigenvalue weighted by Crippen LogP contribution is 2.64. The normalized spacial score (nSPS) is 14.4. The number of aliphatic hydroxyl groups excluding tert-OH is 2. The average molecular weight is 295 g/mol. The lowest BCUT2D eigenvalue weighted by atomic mass is 10.2. The Kier molecular flexibility index (Phi) is 5.22. The van der Waals surface area contributed by atoms with Crippen LogP contribution in [0.15, 0.2) is 24.5 Å². The molecule has 1 aromatic heterocycles. The molecule has 0 bridgehead atoms. The molecule has 1 unspecified atom stereocenters. The Labute approximate surface area is 104 Å². The Hall–Kier alpha value is -0.550. The lowest BCUT2D eigenvalue weighted by molar-refractivity contribution is 0.317. The van der Waals surface area contributed by atoms with Crippen LogP contribution in [-0.2, 0) is 15.6 Å². The molecule has 0 aliphatic carbocycles. The molecule has 0 aromatic carbocycles. The third-order valence-corrected chi connectivity index (χ3v) is 7.90. The zero-order valence-electron chi connectivity index (χ0n) is 9.46. The third-order valence-electron chi connectivity index (χ3n) is 2.55. The average Bonchev–Trinajstić information content (AvgIpc) is 2.35. The molecule has 0 aliphatic heterocycles. The van der Waals surface area contributed by atoms with Gasteiger partial charge in [0, 0.05) is 12.4 Å². The van der Waals surface area contributed by atoms with E-state index >= 15 is 0 Å². The second-order valence-corrected chi connectivity index (χ2v) is 9.17. The summed E-state index contributed by atoms with van der Waals surface area (Å²) in [5.74, 6) is 0. The first-order valence-electron chi connectivity index (χ1n) is 5.07. The SMILES string of the molecule is O=P(O)(O)C(Cc1cccnc1)P(=O)(CO)CO. The second-order valence-electron chi connectivity index (χ2n) is 3.87. The van der Waals surface area contributed by atoms with Crippen molar-refractivity contribution >= 4 is 14.7 Å². The van der Waals surface area contributed by atoms with Crippen molar-refractivity contribution in [3.8, 4) is 0 Å².